The topological polar surface area (TPSA) is 92.4 Å². The number of rotatable bonds is 2. The van der Waals surface area contributed by atoms with Gasteiger partial charge in [-0.1, -0.05) is 6.07 Å². The van der Waals surface area contributed by atoms with E-state index in [2.05, 4.69) is 30.8 Å². The van der Waals surface area contributed by atoms with Crippen molar-refractivity contribution in [2.45, 2.75) is 0 Å². The summed E-state index contributed by atoms with van der Waals surface area (Å²) in [4.78, 5) is 0. The Hall–Kier alpha value is -2.96. The third kappa shape index (κ3) is 1.60. The van der Waals surface area contributed by atoms with Gasteiger partial charge in [-0.15, -0.1) is 0 Å². The lowest BCUT2D eigenvalue weighted by Crippen LogP contribution is -1.86. The van der Waals surface area contributed by atoms with Gasteiger partial charge in [0.05, 0.1) is 0 Å². The maximum absolute atomic E-state index is 5.82. The quantitative estimate of drug-likeness (QED) is 0.569. The smallest absolute Gasteiger partial charge is 0.157 e. The molecule has 0 aliphatic carbocycles. The van der Waals surface area contributed by atoms with Crippen molar-refractivity contribution >= 4 is 22.1 Å². The first-order valence-corrected chi connectivity index (χ1v) is 5.68. The number of nitrogens with one attached hydrogen (secondary N) is 2. The highest BCUT2D eigenvalue weighted by atomic mass is 16.5. The highest BCUT2D eigenvalue weighted by Crippen LogP contribution is 2.28. The third-order valence-electron chi connectivity index (χ3n) is 2.83. The predicted molar refractivity (Wildman–Crippen MR) is 67.9 cm³/mol. The molecule has 2 N–H and O–H groups in total. The standard InChI is InChI=1S/C12H8N6O/c1-2-9-12(16-18-14-9)11(3-1)19-7-4-5-8-10(6-7)15-17-13-8/h1-6H,(H,13,15,17)(H,14,16,18). The lowest BCUT2D eigenvalue weighted by Gasteiger charge is -2.05. The summed E-state index contributed by atoms with van der Waals surface area (Å²) in [7, 11) is 0. The van der Waals surface area contributed by atoms with Crippen LogP contribution < -0.4 is 4.74 Å². The van der Waals surface area contributed by atoms with Gasteiger partial charge in [0.25, 0.3) is 0 Å². The normalized spacial score (nSPS) is 11.2. The van der Waals surface area contributed by atoms with Crippen molar-refractivity contribution in [1.29, 1.82) is 0 Å². The van der Waals surface area contributed by atoms with E-state index in [0.29, 0.717) is 17.0 Å². The number of H-pyrrole nitrogens is 2. The van der Waals surface area contributed by atoms with Crippen molar-refractivity contribution in [2.75, 3.05) is 0 Å². The van der Waals surface area contributed by atoms with Crippen molar-refractivity contribution in [2.24, 2.45) is 0 Å². The number of hydrogen-bond donors (Lipinski definition) is 2. The van der Waals surface area contributed by atoms with E-state index in [-0.39, 0.29) is 0 Å². The fraction of sp³-hybridized carbons (Fsp3) is 0. The Kier molecular flexibility index (Phi) is 1.99. The van der Waals surface area contributed by atoms with E-state index in [1.807, 2.05) is 36.4 Å². The molecule has 2 aromatic carbocycles. The van der Waals surface area contributed by atoms with Crippen LogP contribution in [0.3, 0.4) is 0 Å². The van der Waals surface area contributed by atoms with Gasteiger partial charge >= 0.3 is 0 Å². The molecule has 2 aromatic heterocycles. The Bertz CT molecular complexity index is 865. The van der Waals surface area contributed by atoms with Crippen LogP contribution in [0.2, 0.25) is 0 Å². The highest BCUT2D eigenvalue weighted by Gasteiger charge is 2.07. The second-order valence-corrected chi connectivity index (χ2v) is 4.02. The van der Waals surface area contributed by atoms with Crippen LogP contribution in [0.5, 0.6) is 11.5 Å². The van der Waals surface area contributed by atoms with Gasteiger partial charge in [-0.3, -0.25) is 0 Å². The first-order valence-electron chi connectivity index (χ1n) is 5.68. The Morgan fingerprint density at radius 2 is 1.63 bits per heavy atom. The van der Waals surface area contributed by atoms with Crippen molar-refractivity contribution in [3.63, 3.8) is 0 Å². The first kappa shape index (κ1) is 10.0. The number of benzene rings is 2. The molecule has 0 aliphatic heterocycles. The molecule has 0 fully saturated rings. The molecule has 0 bridgehead atoms. The van der Waals surface area contributed by atoms with E-state index < -0.39 is 0 Å². The number of hydrogen-bond acceptors (Lipinski definition) is 5. The second-order valence-electron chi connectivity index (χ2n) is 4.02. The fourth-order valence-electron chi connectivity index (χ4n) is 1.94. The van der Waals surface area contributed by atoms with E-state index in [4.69, 9.17) is 4.74 Å². The largest absolute Gasteiger partial charge is 0.455 e. The molecule has 0 spiro atoms. The predicted octanol–water partition coefficient (Wildman–Crippen LogP) is 2.02. The molecule has 0 unspecified atom stereocenters. The molecule has 7 nitrogen and oxygen atoms in total. The third-order valence-corrected chi connectivity index (χ3v) is 2.83. The maximum atomic E-state index is 5.82. The van der Waals surface area contributed by atoms with Crippen LogP contribution in [-0.2, 0) is 0 Å². The van der Waals surface area contributed by atoms with Crippen LogP contribution in [0.15, 0.2) is 36.4 Å². The van der Waals surface area contributed by atoms with Crippen LogP contribution in [0.1, 0.15) is 0 Å². The van der Waals surface area contributed by atoms with Gasteiger partial charge in [-0.25, -0.2) is 0 Å². The minimum absolute atomic E-state index is 0.647. The van der Waals surface area contributed by atoms with Crippen LogP contribution >= 0.6 is 0 Å². The Morgan fingerprint density at radius 3 is 2.63 bits per heavy atom. The number of para-hydroxylation sites is 1. The minimum atomic E-state index is 0.647. The molecular weight excluding hydrogens is 244 g/mol. The van der Waals surface area contributed by atoms with E-state index in [9.17, 15) is 0 Å². The zero-order valence-corrected chi connectivity index (χ0v) is 9.66. The molecular formula is C12H8N6O. The zero-order valence-electron chi connectivity index (χ0n) is 9.66. The zero-order chi connectivity index (χ0) is 12.7. The summed E-state index contributed by atoms with van der Waals surface area (Å²) in [6.45, 7) is 0. The van der Waals surface area contributed by atoms with Crippen molar-refractivity contribution in [3.05, 3.63) is 36.4 Å². The molecule has 0 amide bonds. The van der Waals surface area contributed by atoms with Crippen molar-refractivity contribution < 1.29 is 4.74 Å². The summed E-state index contributed by atoms with van der Waals surface area (Å²) in [6, 6.07) is 11.1. The monoisotopic (exact) mass is 252 g/mol. The highest BCUT2D eigenvalue weighted by molar-refractivity contribution is 5.81. The van der Waals surface area contributed by atoms with Crippen LogP contribution in [0.4, 0.5) is 0 Å². The van der Waals surface area contributed by atoms with Gasteiger partial charge in [0.2, 0.25) is 0 Å². The Balaban J connectivity index is 1.79. The summed E-state index contributed by atoms with van der Waals surface area (Å²) in [5.74, 6) is 1.32. The first-order chi connectivity index (χ1) is 9.40. The molecule has 4 rings (SSSR count). The molecule has 2 heterocycles. The molecule has 0 saturated carbocycles. The van der Waals surface area contributed by atoms with Gasteiger partial charge in [-0.05, 0) is 24.3 Å². The van der Waals surface area contributed by atoms with Crippen molar-refractivity contribution in [3.8, 4) is 11.5 Å². The number of nitrogens with zero attached hydrogens (tertiary/aromatic N) is 4. The summed E-state index contributed by atoms with van der Waals surface area (Å²) in [5, 5.41) is 21.3. The second kappa shape index (κ2) is 3.77. The van der Waals surface area contributed by atoms with Crippen LogP contribution in [0, 0.1) is 0 Å². The number of aromatic nitrogens is 6. The van der Waals surface area contributed by atoms with Crippen molar-refractivity contribution in [1.82, 2.24) is 30.8 Å². The average Bonchev–Trinajstić information content (AvgIpc) is 3.06. The summed E-state index contributed by atoms with van der Waals surface area (Å²) >= 11 is 0. The molecule has 0 saturated heterocycles. The molecule has 92 valence electrons. The molecule has 4 aromatic rings. The lowest BCUT2D eigenvalue weighted by atomic mass is 10.2. The molecule has 0 atom stereocenters. The van der Waals surface area contributed by atoms with Gasteiger partial charge in [-0.2, -0.15) is 30.8 Å². The molecule has 0 radical (unpaired) electrons. The number of fused-ring (bicyclic) bond motifs is 2. The summed E-state index contributed by atoms with van der Waals surface area (Å²) in [6.07, 6.45) is 0. The van der Waals surface area contributed by atoms with Gasteiger partial charge < -0.3 is 4.74 Å². The van der Waals surface area contributed by atoms with E-state index in [0.717, 1.165) is 16.6 Å². The molecule has 0 aliphatic rings. The molecule has 7 heteroatoms. The Morgan fingerprint density at radius 1 is 0.789 bits per heavy atom. The van der Waals surface area contributed by atoms with Gasteiger partial charge in [0.15, 0.2) is 11.3 Å². The number of ether oxygens (including phenoxy) is 1. The van der Waals surface area contributed by atoms with Crippen LogP contribution in [-0.4, -0.2) is 30.8 Å². The van der Waals surface area contributed by atoms with E-state index >= 15 is 0 Å². The SMILES string of the molecule is c1cc(Oc2ccc3n[nH]nc3c2)c2n[nH]nc2c1. The lowest BCUT2D eigenvalue weighted by molar-refractivity contribution is 0.487. The summed E-state index contributed by atoms with van der Waals surface area (Å²) in [5.41, 5.74) is 3.01. The summed E-state index contributed by atoms with van der Waals surface area (Å²) < 4.78 is 5.82. The van der Waals surface area contributed by atoms with Gasteiger partial charge in [0.1, 0.15) is 22.3 Å². The minimum Gasteiger partial charge on any atom is -0.455 e. The Labute approximate surface area is 106 Å². The fourth-order valence-corrected chi connectivity index (χ4v) is 1.94. The maximum Gasteiger partial charge on any atom is 0.157 e. The average molecular weight is 252 g/mol. The van der Waals surface area contributed by atoms with E-state index in [1.165, 1.54) is 0 Å². The van der Waals surface area contributed by atoms with E-state index in [1.54, 1.807) is 0 Å². The number of aromatic amines is 2. The molecule has 19 heavy (non-hydrogen) atoms. The van der Waals surface area contributed by atoms with Crippen LogP contribution in [0.25, 0.3) is 22.1 Å². The van der Waals surface area contributed by atoms with Gasteiger partial charge in [0, 0.05) is 6.07 Å².